The number of unbranched alkanes of at least 4 members (excludes halogenated alkanes) is 4. The van der Waals surface area contributed by atoms with E-state index in [1.807, 2.05) is 24.3 Å². The van der Waals surface area contributed by atoms with Crippen LogP contribution < -0.4 is 10.6 Å². The average Bonchev–Trinajstić information content (AvgIpc) is 2.39. The topological polar surface area (TPSA) is 24.1 Å². The minimum absolute atomic E-state index is 0.789. The van der Waals surface area contributed by atoms with Crippen LogP contribution in [-0.4, -0.2) is 19.6 Å². The van der Waals surface area contributed by atoms with Crippen molar-refractivity contribution >= 4 is 17.3 Å². The molecule has 0 aliphatic carbocycles. The normalized spacial score (nSPS) is 10.6. The van der Waals surface area contributed by atoms with Gasteiger partial charge < -0.3 is 10.6 Å². The summed E-state index contributed by atoms with van der Waals surface area (Å²) in [4.78, 5) is 0. The van der Waals surface area contributed by atoms with Crippen molar-refractivity contribution in [3.8, 4) is 0 Å². The van der Waals surface area contributed by atoms with Crippen LogP contribution in [0.25, 0.3) is 0 Å². The molecule has 1 aromatic rings. The fourth-order valence-corrected chi connectivity index (χ4v) is 2.07. The summed E-state index contributed by atoms with van der Waals surface area (Å²) in [5, 5.41) is 7.57. The van der Waals surface area contributed by atoms with Crippen molar-refractivity contribution in [3.63, 3.8) is 0 Å². The number of rotatable bonds is 10. The summed E-state index contributed by atoms with van der Waals surface area (Å²) in [6, 6.07) is 7.86. The first-order valence-corrected chi connectivity index (χ1v) is 7.41. The third-order valence-electron chi connectivity index (χ3n) is 2.95. The van der Waals surface area contributed by atoms with Gasteiger partial charge in [0.2, 0.25) is 0 Å². The van der Waals surface area contributed by atoms with Crippen molar-refractivity contribution in [2.45, 2.75) is 39.0 Å². The highest BCUT2D eigenvalue weighted by atomic mass is 35.5. The molecule has 1 aromatic carbocycles. The monoisotopic (exact) mass is 268 g/mol. The first-order valence-electron chi connectivity index (χ1n) is 7.03. The van der Waals surface area contributed by atoms with E-state index in [2.05, 4.69) is 17.6 Å². The summed E-state index contributed by atoms with van der Waals surface area (Å²) in [5.74, 6) is 0. The van der Waals surface area contributed by atoms with Crippen LogP contribution in [0.3, 0.4) is 0 Å². The zero-order valence-electron chi connectivity index (χ0n) is 11.3. The second-order valence-electron chi connectivity index (χ2n) is 4.57. The second kappa shape index (κ2) is 10.2. The standard InChI is InChI=1S/C15H25ClN2/c1-2-3-4-5-8-11-17-12-13-18-15-10-7-6-9-14(15)16/h6-7,9-10,17-18H,2-5,8,11-13H2,1H3. The molecule has 0 bridgehead atoms. The van der Waals surface area contributed by atoms with Gasteiger partial charge in [-0.3, -0.25) is 0 Å². The van der Waals surface area contributed by atoms with E-state index >= 15 is 0 Å². The molecule has 0 atom stereocenters. The highest BCUT2D eigenvalue weighted by Crippen LogP contribution is 2.19. The highest BCUT2D eigenvalue weighted by molar-refractivity contribution is 6.33. The van der Waals surface area contributed by atoms with E-state index in [-0.39, 0.29) is 0 Å². The Morgan fingerprint density at radius 3 is 2.50 bits per heavy atom. The van der Waals surface area contributed by atoms with Gasteiger partial charge in [-0.2, -0.15) is 0 Å². The van der Waals surface area contributed by atoms with Gasteiger partial charge in [-0.15, -0.1) is 0 Å². The summed E-state index contributed by atoms with van der Waals surface area (Å²) in [5.41, 5.74) is 1.02. The Balaban J connectivity index is 1.94. The minimum Gasteiger partial charge on any atom is -0.383 e. The molecular weight excluding hydrogens is 244 g/mol. The van der Waals surface area contributed by atoms with Gasteiger partial charge in [0.15, 0.2) is 0 Å². The summed E-state index contributed by atoms with van der Waals surface area (Å²) in [6.07, 6.45) is 6.68. The van der Waals surface area contributed by atoms with Crippen molar-refractivity contribution in [2.75, 3.05) is 25.0 Å². The highest BCUT2D eigenvalue weighted by Gasteiger charge is 1.96. The van der Waals surface area contributed by atoms with Crippen LogP contribution in [0, 0.1) is 0 Å². The van der Waals surface area contributed by atoms with Crippen molar-refractivity contribution in [3.05, 3.63) is 29.3 Å². The predicted octanol–water partition coefficient (Wildman–Crippen LogP) is 4.31. The molecule has 3 heteroatoms. The third kappa shape index (κ3) is 6.87. The SMILES string of the molecule is CCCCCCCNCCNc1ccccc1Cl. The van der Waals surface area contributed by atoms with Crippen LogP contribution in [0.4, 0.5) is 5.69 Å². The average molecular weight is 269 g/mol. The van der Waals surface area contributed by atoms with Crippen LogP contribution in [0.2, 0.25) is 5.02 Å². The molecule has 18 heavy (non-hydrogen) atoms. The molecule has 0 fully saturated rings. The van der Waals surface area contributed by atoms with Crippen LogP contribution >= 0.6 is 11.6 Å². The quantitative estimate of drug-likeness (QED) is 0.618. The second-order valence-corrected chi connectivity index (χ2v) is 4.98. The lowest BCUT2D eigenvalue weighted by atomic mass is 10.1. The number of halogens is 1. The summed E-state index contributed by atoms with van der Waals surface area (Å²) in [6.45, 7) is 5.27. The molecule has 0 aliphatic rings. The maximum absolute atomic E-state index is 6.05. The molecule has 2 N–H and O–H groups in total. The molecule has 0 saturated heterocycles. The number of anilines is 1. The summed E-state index contributed by atoms with van der Waals surface area (Å²) < 4.78 is 0. The molecule has 0 unspecified atom stereocenters. The van der Waals surface area contributed by atoms with Gasteiger partial charge in [0, 0.05) is 13.1 Å². The van der Waals surface area contributed by atoms with Crippen LogP contribution in [0.1, 0.15) is 39.0 Å². The molecule has 0 aromatic heterocycles. The van der Waals surface area contributed by atoms with E-state index in [9.17, 15) is 0 Å². The van der Waals surface area contributed by atoms with E-state index < -0.39 is 0 Å². The molecule has 0 saturated carbocycles. The van der Waals surface area contributed by atoms with Gasteiger partial charge in [0.1, 0.15) is 0 Å². The lowest BCUT2D eigenvalue weighted by Gasteiger charge is -2.09. The van der Waals surface area contributed by atoms with Crippen LogP contribution in [-0.2, 0) is 0 Å². The number of hydrogen-bond donors (Lipinski definition) is 2. The van der Waals surface area contributed by atoms with E-state index in [0.717, 1.165) is 30.3 Å². The van der Waals surface area contributed by atoms with Crippen molar-refractivity contribution in [1.29, 1.82) is 0 Å². The number of hydrogen-bond acceptors (Lipinski definition) is 2. The fraction of sp³-hybridized carbons (Fsp3) is 0.600. The maximum Gasteiger partial charge on any atom is 0.0637 e. The maximum atomic E-state index is 6.05. The molecule has 0 amide bonds. The Labute approximate surface area is 116 Å². The van der Waals surface area contributed by atoms with E-state index in [4.69, 9.17) is 11.6 Å². The molecular formula is C15H25ClN2. The molecule has 0 spiro atoms. The molecule has 0 radical (unpaired) electrons. The van der Waals surface area contributed by atoms with E-state index in [1.54, 1.807) is 0 Å². The van der Waals surface area contributed by atoms with Gasteiger partial charge in [-0.05, 0) is 25.1 Å². The number of benzene rings is 1. The van der Waals surface area contributed by atoms with E-state index in [1.165, 1.54) is 32.1 Å². The predicted molar refractivity (Wildman–Crippen MR) is 81.6 cm³/mol. The smallest absolute Gasteiger partial charge is 0.0637 e. The molecule has 102 valence electrons. The minimum atomic E-state index is 0.789. The molecule has 2 nitrogen and oxygen atoms in total. The van der Waals surface area contributed by atoms with Gasteiger partial charge >= 0.3 is 0 Å². The van der Waals surface area contributed by atoms with Crippen molar-refractivity contribution in [1.82, 2.24) is 5.32 Å². The summed E-state index contributed by atoms with van der Waals surface area (Å²) >= 11 is 6.05. The first-order chi connectivity index (χ1) is 8.84. The van der Waals surface area contributed by atoms with E-state index in [0.29, 0.717) is 0 Å². The lowest BCUT2D eigenvalue weighted by Crippen LogP contribution is -2.23. The van der Waals surface area contributed by atoms with Crippen LogP contribution in [0.5, 0.6) is 0 Å². The fourth-order valence-electron chi connectivity index (χ4n) is 1.87. The molecule has 0 heterocycles. The largest absolute Gasteiger partial charge is 0.383 e. The van der Waals surface area contributed by atoms with Gasteiger partial charge in [-0.1, -0.05) is 56.3 Å². The summed E-state index contributed by atoms with van der Waals surface area (Å²) in [7, 11) is 0. The third-order valence-corrected chi connectivity index (χ3v) is 3.28. The van der Waals surface area contributed by atoms with Crippen molar-refractivity contribution in [2.24, 2.45) is 0 Å². The molecule has 1 rings (SSSR count). The number of para-hydroxylation sites is 1. The zero-order chi connectivity index (χ0) is 13.1. The van der Waals surface area contributed by atoms with Crippen molar-refractivity contribution < 1.29 is 0 Å². The first kappa shape index (κ1) is 15.3. The lowest BCUT2D eigenvalue weighted by molar-refractivity contribution is 0.589. The van der Waals surface area contributed by atoms with Gasteiger partial charge in [0.05, 0.1) is 10.7 Å². The molecule has 0 aliphatic heterocycles. The van der Waals surface area contributed by atoms with Gasteiger partial charge in [-0.25, -0.2) is 0 Å². The Bertz CT molecular complexity index is 315. The van der Waals surface area contributed by atoms with Crippen LogP contribution in [0.15, 0.2) is 24.3 Å². The Morgan fingerprint density at radius 2 is 1.72 bits per heavy atom. The Morgan fingerprint density at radius 1 is 0.944 bits per heavy atom. The Kier molecular flexibility index (Phi) is 8.70. The zero-order valence-corrected chi connectivity index (χ0v) is 12.1. The Hall–Kier alpha value is -0.730. The van der Waals surface area contributed by atoms with Gasteiger partial charge in [0.25, 0.3) is 0 Å². The number of nitrogens with one attached hydrogen (secondary N) is 2.